The van der Waals surface area contributed by atoms with Crippen LogP contribution in [-0.4, -0.2) is 37.4 Å². The highest BCUT2D eigenvalue weighted by Gasteiger charge is 2.09. The average Bonchev–Trinajstić information content (AvgIpc) is 2.44. The Bertz CT molecular complexity index is 540. The van der Waals surface area contributed by atoms with E-state index in [4.69, 9.17) is 21.7 Å². The van der Waals surface area contributed by atoms with Gasteiger partial charge < -0.3 is 14.8 Å². The van der Waals surface area contributed by atoms with Crippen molar-refractivity contribution < 1.29 is 14.3 Å². The van der Waals surface area contributed by atoms with Crippen molar-refractivity contribution in [2.24, 2.45) is 0 Å². The zero-order chi connectivity index (χ0) is 17.4. The van der Waals surface area contributed by atoms with E-state index in [2.05, 4.69) is 16.2 Å². The van der Waals surface area contributed by atoms with Gasteiger partial charge in [-0.25, -0.2) is 0 Å². The van der Waals surface area contributed by atoms with Gasteiger partial charge in [0.15, 0.2) is 11.7 Å². The van der Waals surface area contributed by atoms with Crippen LogP contribution in [0.4, 0.5) is 0 Å². The molecule has 0 aliphatic rings. The quantitative estimate of drug-likeness (QED) is 0.539. The van der Waals surface area contributed by atoms with Crippen LogP contribution in [0.2, 0.25) is 0 Å². The highest BCUT2D eigenvalue weighted by Crippen LogP contribution is 2.24. The lowest BCUT2D eigenvalue weighted by atomic mass is 10.1. The van der Waals surface area contributed by atoms with Crippen LogP contribution in [0.5, 0.6) is 5.75 Å². The summed E-state index contributed by atoms with van der Waals surface area (Å²) in [5, 5.41) is 3.30. The molecule has 1 aromatic carbocycles. The fourth-order valence-electron chi connectivity index (χ4n) is 2.25. The van der Waals surface area contributed by atoms with Crippen molar-refractivity contribution in [2.75, 3.05) is 20.3 Å². The number of nitrogens with one attached hydrogen (secondary N) is 3. The van der Waals surface area contributed by atoms with E-state index in [1.54, 1.807) is 7.11 Å². The first-order valence-corrected chi connectivity index (χ1v) is 7.79. The number of benzene rings is 1. The molecule has 0 heterocycles. The fraction of sp³-hybridized carbons (Fsp3) is 0.500. The molecule has 128 valence electrons. The van der Waals surface area contributed by atoms with E-state index in [0.717, 1.165) is 16.9 Å². The molecule has 1 rings (SSSR count). The number of aryl methyl sites for hydroxylation is 3. The van der Waals surface area contributed by atoms with Gasteiger partial charge in [0.1, 0.15) is 5.75 Å². The highest BCUT2D eigenvalue weighted by atomic mass is 32.1. The molecule has 0 saturated carbocycles. The minimum atomic E-state index is -0.312. The first kappa shape index (κ1) is 19.2. The van der Waals surface area contributed by atoms with E-state index in [1.165, 1.54) is 5.56 Å². The Hall–Kier alpha value is -1.86. The Kier molecular flexibility index (Phi) is 7.77. The largest absolute Gasteiger partial charge is 0.483 e. The van der Waals surface area contributed by atoms with Crippen molar-refractivity contribution in [3.8, 4) is 5.75 Å². The molecule has 0 unspecified atom stereocenters. The lowest BCUT2D eigenvalue weighted by molar-refractivity contribution is -0.123. The summed E-state index contributed by atoms with van der Waals surface area (Å²) in [4.78, 5) is 11.8. The SMILES string of the molecule is COC[C@@H](C)NC(=S)NNC(=O)COc1c(C)cc(C)cc1C. The van der Waals surface area contributed by atoms with Gasteiger partial charge in [-0.1, -0.05) is 17.7 Å². The normalized spacial score (nSPS) is 11.5. The Labute approximate surface area is 142 Å². The monoisotopic (exact) mass is 339 g/mol. The molecule has 0 aliphatic carbocycles. The number of carbonyl (C=O) groups is 1. The van der Waals surface area contributed by atoms with Gasteiger partial charge in [0.2, 0.25) is 0 Å². The zero-order valence-corrected chi connectivity index (χ0v) is 15.1. The molecule has 3 N–H and O–H groups in total. The minimum absolute atomic E-state index is 0.0472. The van der Waals surface area contributed by atoms with Gasteiger partial charge in [-0.15, -0.1) is 0 Å². The molecule has 0 aliphatic heterocycles. The Morgan fingerprint density at radius 1 is 1.22 bits per heavy atom. The van der Waals surface area contributed by atoms with Crippen LogP contribution in [-0.2, 0) is 9.53 Å². The molecule has 7 heteroatoms. The Balaban J connectivity index is 2.39. The molecule has 1 atom stereocenters. The third kappa shape index (κ3) is 6.83. The summed E-state index contributed by atoms with van der Waals surface area (Å²) in [6.07, 6.45) is 0. The van der Waals surface area contributed by atoms with Gasteiger partial charge in [0.25, 0.3) is 5.91 Å². The predicted octanol–water partition coefficient (Wildman–Crippen LogP) is 1.52. The minimum Gasteiger partial charge on any atom is -0.483 e. The summed E-state index contributed by atoms with van der Waals surface area (Å²) in [7, 11) is 1.61. The third-order valence-electron chi connectivity index (χ3n) is 3.06. The van der Waals surface area contributed by atoms with Crippen LogP contribution in [0.15, 0.2) is 12.1 Å². The molecule has 0 bridgehead atoms. The van der Waals surface area contributed by atoms with Gasteiger partial charge in [0, 0.05) is 13.2 Å². The van der Waals surface area contributed by atoms with Crippen molar-refractivity contribution in [1.82, 2.24) is 16.2 Å². The summed E-state index contributed by atoms with van der Waals surface area (Å²) in [5.41, 5.74) is 8.31. The maximum Gasteiger partial charge on any atom is 0.276 e. The maximum atomic E-state index is 11.8. The van der Waals surface area contributed by atoms with Gasteiger partial charge >= 0.3 is 0 Å². The standard InChI is InChI=1S/C16H25N3O3S/c1-10-6-11(2)15(12(3)7-10)22-9-14(20)18-19-16(23)17-13(4)8-21-5/h6-7,13H,8-9H2,1-5H3,(H,18,20)(H2,17,19,23)/t13-/m1/s1. The number of rotatable bonds is 6. The van der Waals surface area contributed by atoms with Crippen molar-refractivity contribution >= 4 is 23.2 Å². The molecule has 1 amide bonds. The highest BCUT2D eigenvalue weighted by molar-refractivity contribution is 7.80. The zero-order valence-electron chi connectivity index (χ0n) is 14.3. The lowest BCUT2D eigenvalue weighted by Gasteiger charge is -2.17. The van der Waals surface area contributed by atoms with E-state index in [0.29, 0.717) is 11.7 Å². The molecule has 0 radical (unpaired) electrons. The van der Waals surface area contributed by atoms with E-state index >= 15 is 0 Å². The number of thiocarbonyl (C=S) groups is 1. The topological polar surface area (TPSA) is 71.6 Å². The number of ether oxygens (including phenoxy) is 2. The van der Waals surface area contributed by atoms with Crippen LogP contribution >= 0.6 is 12.2 Å². The number of carbonyl (C=O) groups excluding carboxylic acids is 1. The molecule has 0 spiro atoms. The summed E-state index contributed by atoms with van der Waals surface area (Å²) in [5.74, 6) is 0.424. The summed E-state index contributed by atoms with van der Waals surface area (Å²) in [6.45, 7) is 8.30. The molecule has 0 aromatic heterocycles. The van der Waals surface area contributed by atoms with Crippen LogP contribution in [0.3, 0.4) is 0 Å². The number of hydrazine groups is 1. The van der Waals surface area contributed by atoms with Crippen LogP contribution in [0, 0.1) is 20.8 Å². The van der Waals surface area contributed by atoms with Crippen LogP contribution in [0.25, 0.3) is 0 Å². The summed E-state index contributed by atoms with van der Waals surface area (Å²) in [6, 6.07) is 4.09. The second-order valence-corrected chi connectivity index (χ2v) is 5.93. The smallest absolute Gasteiger partial charge is 0.276 e. The fourth-order valence-corrected chi connectivity index (χ4v) is 2.50. The van der Waals surface area contributed by atoms with Gasteiger partial charge in [-0.3, -0.25) is 15.6 Å². The van der Waals surface area contributed by atoms with E-state index < -0.39 is 0 Å². The van der Waals surface area contributed by atoms with Crippen LogP contribution in [0.1, 0.15) is 23.6 Å². The molecular weight excluding hydrogens is 314 g/mol. The predicted molar refractivity (Wildman–Crippen MR) is 94.5 cm³/mol. The van der Waals surface area contributed by atoms with Gasteiger partial charge in [-0.2, -0.15) is 0 Å². The second-order valence-electron chi connectivity index (χ2n) is 5.52. The number of methoxy groups -OCH3 is 1. The number of hydrogen-bond acceptors (Lipinski definition) is 4. The molecular formula is C16H25N3O3S. The summed E-state index contributed by atoms with van der Waals surface area (Å²) < 4.78 is 10.6. The first-order valence-electron chi connectivity index (χ1n) is 7.38. The summed E-state index contributed by atoms with van der Waals surface area (Å²) >= 11 is 5.06. The van der Waals surface area contributed by atoms with E-state index in [1.807, 2.05) is 39.8 Å². The maximum absolute atomic E-state index is 11.8. The van der Waals surface area contributed by atoms with Gasteiger partial charge in [-0.05, 0) is 51.0 Å². The van der Waals surface area contributed by atoms with Crippen LogP contribution < -0.4 is 20.9 Å². The molecule has 23 heavy (non-hydrogen) atoms. The Morgan fingerprint density at radius 2 is 1.83 bits per heavy atom. The third-order valence-corrected chi connectivity index (χ3v) is 3.28. The number of hydrogen-bond donors (Lipinski definition) is 3. The van der Waals surface area contributed by atoms with E-state index in [-0.39, 0.29) is 18.6 Å². The number of amides is 1. The second kappa shape index (κ2) is 9.32. The van der Waals surface area contributed by atoms with Crippen molar-refractivity contribution in [3.63, 3.8) is 0 Å². The lowest BCUT2D eigenvalue weighted by Crippen LogP contribution is -2.50. The Morgan fingerprint density at radius 3 is 2.39 bits per heavy atom. The molecule has 0 fully saturated rings. The molecule has 1 aromatic rings. The van der Waals surface area contributed by atoms with E-state index in [9.17, 15) is 4.79 Å². The molecule has 0 saturated heterocycles. The van der Waals surface area contributed by atoms with Crippen molar-refractivity contribution in [2.45, 2.75) is 33.7 Å². The first-order chi connectivity index (χ1) is 10.8. The molecule has 6 nitrogen and oxygen atoms in total. The van der Waals surface area contributed by atoms with Crippen molar-refractivity contribution in [1.29, 1.82) is 0 Å². The average molecular weight is 339 g/mol. The van der Waals surface area contributed by atoms with Crippen molar-refractivity contribution in [3.05, 3.63) is 28.8 Å². The van der Waals surface area contributed by atoms with Gasteiger partial charge in [0.05, 0.1) is 6.61 Å².